The predicted octanol–water partition coefficient (Wildman–Crippen LogP) is 2.55. The van der Waals surface area contributed by atoms with E-state index < -0.39 is 5.97 Å². The minimum atomic E-state index is -0.547. The van der Waals surface area contributed by atoms with E-state index in [0.29, 0.717) is 11.3 Å². The van der Waals surface area contributed by atoms with E-state index in [1.54, 1.807) is 24.3 Å². The summed E-state index contributed by atoms with van der Waals surface area (Å²) < 4.78 is 10.2. The SMILES string of the molecule is COc1ccccc1C(=O)NCCC(=O)OCC(=O)N[C@@H]1CCCc2ccccc21. The lowest BCUT2D eigenvalue weighted by atomic mass is 9.88. The van der Waals surface area contributed by atoms with Crippen molar-refractivity contribution in [2.45, 2.75) is 31.7 Å². The fraction of sp³-hybridized carbons (Fsp3) is 0.348. The fourth-order valence-corrected chi connectivity index (χ4v) is 3.56. The van der Waals surface area contributed by atoms with Gasteiger partial charge in [-0.15, -0.1) is 0 Å². The minimum absolute atomic E-state index is 0.0274. The summed E-state index contributed by atoms with van der Waals surface area (Å²) >= 11 is 0. The zero-order chi connectivity index (χ0) is 21.3. The summed E-state index contributed by atoms with van der Waals surface area (Å²) in [5.41, 5.74) is 2.76. The minimum Gasteiger partial charge on any atom is -0.496 e. The van der Waals surface area contributed by atoms with Gasteiger partial charge in [-0.3, -0.25) is 14.4 Å². The molecule has 2 N–H and O–H groups in total. The van der Waals surface area contributed by atoms with Gasteiger partial charge in [-0.2, -0.15) is 0 Å². The first-order valence-electron chi connectivity index (χ1n) is 10.0. The van der Waals surface area contributed by atoms with Gasteiger partial charge in [-0.25, -0.2) is 0 Å². The third-order valence-electron chi connectivity index (χ3n) is 5.04. The third kappa shape index (κ3) is 5.59. The molecule has 30 heavy (non-hydrogen) atoms. The molecule has 0 heterocycles. The maximum absolute atomic E-state index is 12.2. The van der Waals surface area contributed by atoms with Gasteiger partial charge >= 0.3 is 5.97 Å². The second kappa shape index (κ2) is 10.4. The average molecular weight is 410 g/mol. The van der Waals surface area contributed by atoms with Gasteiger partial charge in [0.15, 0.2) is 6.61 Å². The van der Waals surface area contributed by atoms with Crippen molar-refractivity contribution < 1.29 is 23.9 Å². The number of hydrogen-bond donors (Lipinski definition) is 2. The Morgan fingerprint density at radius 2 is 1.83 bits per heavy atom. The van der Waals surface area contributed by atoms with Crippen molar-refractivity contribution in [3.8, 4) is 5.75 Å². The first kappa shape index (κ1) is 21.4. The molecule has 0 fully saturated rings. The maximum Gasteiger partial charge on any atom is 0.308 e. The normalized spacial score (nSPS) is 14.9. The molecular weight excluding hydrogens is 384 g/mol. The van der Waals surface area contributed by atoms with Crippen LogP contribution in [0.4, 0.5) is 0 Å². The van der Waals surface area contributed by atoms with Crippen LogP contribution in [0.1, 0.15) is 46.8 Å². The molecule has 0 bridgehead atoms. The molecule has 0 saturated carbocycles. The molecule has 7 nitrogen and oxygen atoms in total. The van der Waals surface area contributed by atoms with Gasteiger partial charge in [0.05, 0.1) is 25.1 Å². The fourth-order valence-electron chi connectivity index (χ4n) is 3.56. The number of hydrogen-bond acceptors (Lipinski definition) is 5. The Balaban J connectivity index is 1.39. The standard InChI is InChI=1S/C23H26N2O5/c1-29-20-12-5-4-10-18(20)23(28)24-14-13-22(27)30-15-21(26)25-19-11-6-8-16-7-2-3-9-17(16)19/h2-5,7,9-10,12,19H,6,8,11,13-15H2,1H3,(H,24,28)(H,25,26)/t19-/m1/s1. The highest BCUT2D eigenvalue weighted by Crippen LogP contribution is 2.29. The van der Waals surface area contributed by atoms with Crippen LogP contribution in [0, 0.1) is 0 Å². The molecular formula is C23H26N2O5. The van der Waals surface area contributed by atoms with E-state index >= 15 is 0 Å². The Morgan fingerprint density at radius 1 is 1.07 bits per heavy atom. The molecule has 0 unspecified atom stereocenters. The van der Waals surface area contributed by atoms with Crippen LogP contribution in [0.5, 0.6) is 5.75 Å². The summed E-state index contributed by atoms with van der Waals surface area (Å²) in [7, 11) is 1.49. The number of ether oxygens (including phenoxy) is 2. The summed E-state index contributed by atoms with van der Waals surface area (Å²) in [6.45, 7) is -0.231. The van der Waals surface area contributed by atoms with Crippen molar-refractivity contribution >= 4 is 17.8 Å². The number of rotatable bonds is 8. The predicted molar refractivity (Wildman–Crippen MR) is 111 cm³/mol. The molecule has 0 aliphatic heterocycles. The van der Waals surface area contributed by atoms with E-state index in [1.165, 1.54) is 12.7 Å². The molecule has 158 valence electrons. The third-order valence-corrected chi connectivity index (χ3v) is 5.04. The quantitative estimate of drug-likeness (QED) is 0.653. The van der Waals surface area contributed by atoms with Crippen LogP contribution in [0.3, 0.4) is 0 Å². The molecule has 2 aromatic rings. The van der Waals surface area contributed by atoms with E-state index in [1.807, 2.05) is 18.2 Å². The number of para-hydroxylation sites is 1. The zero-order valence-electron chi connectivity index (χ0n) is 17.0. The van der Waals surface area contributed by atoms with Crippen LogP contribution < -0.4 is 15.4 Å². The monoisotopic (exact) mass is 410 g/mol. The Hall–Kier alpha value is -3.35. The van der Waals surface area contributed by atoms with Gasteiger partial charge in [0.25, 0.3) is 11.8 Å². The number of fused-ring (bicyclic) bond motifs is 1. The number of benzene rings is 2. The van der Waals surface area contributed by atoms with Gasteiger partial charge in [-0.1, -0.05) is 36.4 Å². The number of carbonyl (C=O) groups excluding carboxylic acids is 3. The van der Waals surface area contributed by atoms with Crippen molar-refractivity contribution in [2.75, 3.05) is 20.3 Å². The van der Waals surface area contributed by atoms with Gasteiger partial charge in [0.2, 0.25) is 0 Å². The van der Waals surface area contributed by atoms with Crippen LogP contribution >= 0.6 is 0 Å². The molecule has 1 atom stereocenters. The van der Waals surface area contributed by atoms with Crippen LogP contribution in [0.2, 0.25) is 0 Å². The second-order valence-electron chi connectivity index (χ2n) is 7.08. The number of aryl methyl sites for hydroxylation is 1. The van der Waals surface area contributed by atoms with Crippen LogP contribution in [0.15, 0.2) is 48.5 Å². The molecule has 3 rings (SSSR count). The van der Waals surface area contributed by atoms with E-state index in [0.717, 1.165) is 24.8 Å². The molecule has 0 spiro atoms. The molecule has 7 heteroatoms. The highest BCUT2D eigenvalue weighted by Gasteiger charge is 2.21. The van der Waals surface area contributed by atoms with Crippen LogP contribution in [-0.2, 0) is 20.7 Å². The number of carbonyl (C=O) groups is 3. The number of esters is 1. The summed E-state index contributed by atoms with van der Waals surface area (Å²) in [4.78, 5) is 36.3. The van der Waals surface area contributed by atoms with E-state index in [9.17, 15) is 14.4 Å². The van der Waals surface area contributed by atoms with Crippen LogP contribution in [0.25, 0.3) is 0 Å². The maximum atomic E-state index is 12.2. The van der Waals surface area contributed by atoms with Gasteiger partial charge in [-0.05, 0) is 42.5 Å². The van der Waals surface area contributed by atoms with Crippen molar-refractivity contribution in [1.82, 2.24) is 10.6 Å². The Kier molecular flexibility index (Phi) is 7.43. The van der Waals surface area contributed by atoms with Crippen molar-refractivity contribution in [2.24, 2.45) is 0 Å². The average Bonchev–Trinajstić information content (AvgIpc) is 2.78. The Morgan fingerprint density at radius 3 is 2.67 bits per heavy atom. The molecule has 0 aromatic heterocycles. The first-order chi connectivity index (χ1) is 14.6. The van der Waals surface area contributed by atoms with E-state index in [4.69, 9.17) is 9.47 Å². The number of nitrogens with one attached hydrogen (secondary N) is 2. The first-order valence-corrected chi connectivity index (χ1v) is 10.0. The van der Waals surface area contributed by atoms with E-state index in [-0.39, 0.29) is 37.4 Å². The zero-order valence-corrected chi connectivity index (χ0v) is 17.0. The lowest BCUT2D eigenvalue weighted by Crippen LogP contribution is -2.34. The molecule has 0 radical (unpaired) electrons. The number of methoxy groups -OCH3 is 1. The molecule has 1 aliphatic carbocycles. The van der Waals surface area contributed by atoms with Crippen LogP contribution in [-0.4, -0.2) is 38.0 Å². The molecule has 0 saturated heterocycles. The molecule has 2 aromatic carbocycles. The van der Waals surface area contributed by atoms with Gasteiger partial charge in [0, 0.05) is 6.54 Å². The summed E-state index contributed by atoms with van der Waals surface area (Å²) in [5, 5.41) is 5.59. The Labute approximate surface area is 175 Å². The molecule has 1 aliphatic rings. The largest absolute Gasteiger partial charge is 0.496 e. The highest BCUT2D eigenvalue weighted by molar-refractivity contribution is 5.97. The Bertz CT molecular complexity index is 912. The topological polar surface area (TPSA) is 93.7 Å². The van der Waals surface area contributed by atoms with Crippen molar-refractivity contribution in [3.05, 3.63) is 65.2 Å². The summed E-state index contributed by atoms with van der Waals surface area (Å²) in [6, 6.07) is 14.8. The van der Waals surface area contributed by atoms with Gasteiger partial charge < -0.3 is 20.1 Å². The highest BCUT2D eigenvalue weighted by atomic mass is 16.5. The van der Waals surface area contributed by atoms with Crippen molar-refractivity contribution in [3.63, 3.8) is 0 Å². The van der Waals surface area contributed by atoms with Crippen molar-refractivity contribution in [1.29, 1.82) is 0 Å². The lowest BCUT2D eigenvalue weighted by molar-refractivity contribution is -0.148. The lowest BCUT2D eigenvalue weighted by Gasteiger charge is -2.26. The number of amides is 2. The summed E-state index contributed by atoms with van der Waals surface area (Å²) in [6.07, 6.45) is 2.86. The molecule has 2 amide bonds. The van der Waals surface area contributed by atoms with Gasteiger partial charge in [0.1, 0.15) is 5.75 Å². The smallest absolute Gasteiger partial charge is 0.308 e. The summed E-state index contributed by atoms with van der Waals surface area (Å²) in [5.74, 6) is -0.759. The van der Waals surface area contributed by atoms with E-state index in [2.05, 4.69) is 16.7 Å². The second-order valence-corrected chi connectivity index (χ2v) is 7.08.